The summed E-state index contributed by atoms with van der Waals surface area (Å²) in [6.45, 7) is 7.73. The summed E-state index contributed by atoms with van der Waals surface area (Å²) in [7, 11) is 0. The van der Waals surface area contributed by atoms with Crippen molar-refractivity contribution in [3.8, 4) is 11.3 Å². The summed E-state index contributed by atoms with van der Waals surface area (Å²) < 4.78 is 7.65. The number of morpholine rings is 1. The summed E-state index contributed by atoms with van der Waals surface area (Å²) in [4.78, 5) is 7.30. The van der Waals surface area contributed by atoms with Crippen molar-refractivity contribution in [1.82, 2.24) is 19.7 Å². The Kier molecular flexibility index (Phi) is 7.42. The molecule has 1 aromatic carbocycles. The van der Waals surface area contributed by atoms with Gasteiger partial charge >= 0.3 is 0 Å². The number of unbranched alkanes of at least 4 members (excludes halogenated alkanes) is 1. The lowest BCUT2D eigenvalue weighted by Crippen LogP contribution is -2.35. The van der Waals surface area contributed by atoms with Gasteiger partial charge in [0.15, 0.2) is 0 Å². The van der Waals surface area contributed by atoms with E-state index >= 15 is 0 Å². The molecule has 1 saturated heterocycles. The molecule has 7 heteroatoms. The second-order valence-electron chi connectivity index (χ2n) is 9.71. The van der Waals surface area contributed by atoms with Crippen LogP contribution in [0.4, 0.5) is 5.69 Å². The van der Waals surface area contributed by atoms with Crippen molar-refractivity contribution in [2.24, 2.45) is 0 Å². The zero-order valence-corrected chi connectivity index (χ0v) is 20.2. The van der Waals surface area contributed by atoms with Gasteiger partial charge in [0.25, 0.3) is 0 Å². The maximum Gasteiger partial charge on any atom is 0.119 e. The minimum Gasteiger partial charge on any atom is -0.393 e. The smallest absolute Gasteiger partial charge is 0.119 e. The number of aromatic nitrogens is 3. The van der Waals surface area contributed by atoms with Crippen molar-refractivity contribution in [3.63, 3.8) is 0 Å². The second-order valence-corrected chi connectivity index (χ2v) is 9.71. The average molecular weight is 464 g/mol. The standard InChI is InChI=1S/C27H37N5O2/c1-2-3-12-28-22-17-25-27(29-18-22)26(30-32(25)23-8-10-24(33)11-9-23)21-6-4-20(5-7-21)19-31-13-15-34-16-14-31/h4-7,17-18,23-24,28,33H,2-3,8-16,19H2,1H3. The molecule has 34 heavy (non-hydrogen) atoms. The molecule has 1 aliphatic heterocycles. The van der Waals surface area contributed by atoms with Crippen LogP contribution in [0, 0.1) is 0 Å². The van der Waals surface area contributed by atoms with Gasteiger partial charge in [0.05, 0.1) is 42.8 Å². The highest BCUT2D eigenvalue weighted by molar-refractivity contribution is 5.91. The van der Waals surface area contributed by atoms with Gasteiger partial charge in [-0.15, -0.1) is 0 Å². The Balaban J connectivity index is 1.43. The summed E-state index contributed by atoms with van der Waals surface area (Å²) in [6, 6.07) is 11.3. The first kappa shape index (κ1) is 23.3. The Morgan fingerprint density at radius 3 is 2.59 bits per heavy atom. The molecule has 2 N–H and O–H groups in total. The first-order valence-electron chi connectivity index (χ1n) is 12.9. The summed E-state index contributed by atoms with van der Waals surface area (Å²) in [5.74, 6) is 0. The number of rotatable bonds is 8. The van der Waals surface area contributed by atoms with E-state index in [0.717, 1.165) is 106 Å². The van der Waals surface area contributed by atoms with Crippen molar-refractivity contribution < 1.29 is 9.84 Å². The zero-order valence-electron chi connectivity index (χ0n) is 20.2. The topological polar surface area (TPSA) is 75.4 Å². The highest BCUT2D eigenvalue weighted by Gasteiger charge is 2.25. The number of aliphatic hydroxyl groups is 1. The first-order valence-corrected chi connectivity index (χ1v) is 12.9. The van der Waals surface area contributed by atoms with Crippen LogP contribution in [0.25, 0.3) is 22.3 Å². The maximum atomic E-state index is 10.0. The Morgan fingerprint density at radius 1 is 1.09 bits per heavy atom. The van der Waals surface area contributed by atoms with E-state index in [-0.39, 0.29) is 6.10 Å². The number of aliphatic hydroxyl groups excluding tert-OH is 1. The lowest BCUT2D eigenvalue weighted by molar-refractivity contribution is 0.0342. The fraction of sp³-hybridized carbons (Fsp3) is 0.556. The summed E-state index contributed by atoms with van der Waals surface area (Å²) in [5, 5.41) is 18.6. The van der Waals surface area contributed by atoms with Crippen molar-refractivity contribution >= 4 is 16.7 Å². The number of ether oxygens (including phenoxy) is 1. The molecule has 0 radical (unpaired) electrons. The molecule has 2 aromatic heterocycles. The van der Waals surface area contributed by atoms with E-state index in [0.29, 0.717) is 6.04 Å². The van der Waals surface area contributed by atoms with Gasteiger partial charge in [-0.05, 0) is 43.7 Å². The highest BCUT2D eigenvalue weighted by Crippen LogP contribution is 2.35. The number of fused-ring (bicyclic) bond motifs is 1. The van der Waals surface area contributed by atoms with E-state index in [4.69, 9.17) is 14.8 Å². The van der Waals surface area contributed by atoms with Gasteiger partial charge in [0, 0.05) is 31.7 Å². The molecule has 3 heterocycles. The second kappa shape index (κ2) is 10.8. The van der Waals surface area contributed by atoms with Gasteiger partial charge in [-0.3, -0.25) is 14.6 Å². The molecule has 3 aromatic rings. The molecule has 0 amide bonds. The number of hydrogen-bond acceptors (Lipinski definition) is 6. The number of hydrogen-bond donors (Lipinski definition) is 2. The number of nitrogens with zero attached hydrogens (tertiary/aromatic N) is 4. The molecule has 182 valence electrons. The van der Waals surface area contributed by atoms with E-state index in [2.05, 4.69) is 52.2 Å². The molecule has 1 saturated carbocycles. The van der Waals surface area contributed by atoms with Gasteiger partial charge < -0.3 is 15.2 Å². The van der Waals surface area contributed by atoms with E-state index in [1.54, 1.807) is 0 Å². The van der Waals surface area contributed by atoms with E-state index in [9.17, 15) is 5.11 Å². The largest absolute Gasteiger partial charge is 0.393 e. The molecule has 0 atom stereocenters. The first-order chi connectivity index (χ1) is 16.7. The van der Waals surface area contributed by atoms with Crippen molar-refractivity contribution in [2.45, 2.75) is 64.1 Å². The van der Waals surface area contributed by atoms with E-state index in [1.165, 1.54) is 5.56 Å². The molecule has 1 aliphatic carbocycles. The Bertz CT molecular complexity index is 1070. The molecule has 5 rings (SSSR count). The number of benzene rings is 1. The van der Waals surface area contributed by atoms with Crippen LogP contribution in [0.5, 0.6) is 0 Å². The monoisotopic (exact) mass is 463 g/mol. The van der Waals surface area contributed by atoms with Gasteiger partial charge in [-0.1, -0.05) is 37.6 Å². The van der Waals surface area contributed by atoms with Gasteiger partial charge in [-0.2, -0.15) is 5.10 Å². The van der Waals surface area contributed by atoms with Crippen LogP contribution in [-0.4, -0.2) is 63.7 Å². The third-order valence-electron chi connectivity index (χ3n) is 7.16. The van der Waals surface area contributed by atoms with Crippen LogP contribution in [0.3, 0.4) is 0 Å². The normalized spacial score (nSPS) is 21.7. The van der Waals surface area contributed by atoms with Gasteiger partial charge in [-0.25, -0.2) is 0 Å². The summed E-state index contributed by atoms with van der Waals surface area (Å²) >= 11 is 0. The zero-order chi connectivity index (χ0) is 23.3. The summed E-state index contributed by atoms with van der Waals surface area (Å²) in [5.41, 5.74) is 6.43. The quantitative estimate of drug-likeness (QED) is 0.475. The van der Waals surface area contributed by atoms with Crippen LogP contribution in [0.2, 0.25) is 0 Å². The third-order valence-corrected chi connectivity index (χ3v) is 7.16. The van der Waals surface area contributed by atoms with E-state index < -0.39 is 0 Å². The lowest BCUT2D eigenvalue weighted by Gasteiger charge is -2.26. The molecule has 0 spiro atoms. The van der Waals surface area contributed by atoms with Crippen LogP contribution in [0.1, 0.15) is 57.1 Å². The van der Waals surface area contributed by atoms with E-state index in [1.807, 2.05) is 6.20 Å². The Hall–Kier alpha value is -2.48. The van der Waals surface area contributed by atoms with Crippen molar-refractivity contribution in [1.29, 1.82) is 0 Å². The summed E-state index contributed by atoms with van der Waals surface area (Å²) in [6.07, 6.45) is 7.62. The molecule has 0 unspecified atom stereocenters. The number of anilines is 1. The van der Waals surface area contributed by atoms with Crippen LogP contribution < -0.4 is 5.32 Å². The predicted octanol–water partition coefficient (Wildman–Crippen LogP) is 4.62. The number of nitrogens with one attached hydrogen (secondary N) is 1. The van der Waals surface area contributed by atoms with Crippen LogP contribution in [-0.2, 0) is 11.3 Å². The van der Waals surface area contributed by atoms with Crippen LogP contribution >= 0.6 is 0 Å². The van der Waals surface area contributed by atoms with Crippen molar-refractivity contribution in [3.05, 3.63) is 42.1 Å². The highest BCUT2D eigenvalue weighted by atomic mass is 16.5. The fourth-order valence-electron chi connectivity index (χ4n) is 5.09. The molecule has 7 nitrogen and oxygen atoms in total. The molecule has 0 bridgehead atoms. The maximum absolute atomic E-state index is 10.0. The third kappa shape index (κ3) is 5.27. The predicted molar refractivity (Wildman–Crippen MR) is 136 cm³/mol. The Morgan fingerprint density at radius 2 is 1.85 bits per heavy atom. The average Bonchev–Trinajstić information content (AvgIpc) is 3.25. The molecular formula is C27H37N5O2. The molecule has 2 fully saturated rings. The van der Waals surface area contributed by atoms with Gasteiger partial charge in [0.1, 0.15) is 11.2 Å². The molecule has 2 aliphatic rings. The van der Waals surface area contributed by atoms with Crippen LogP contribution in [0.15, 0.2) is 36.5 Å². The number of pyridine rings is 1. The minimum atomic E-state index is -0.180. The SMILES string of the molecule is CCCCNc1cnc2c(-c3ccc(CN4CCOCC4)cc3)nn(C3CCC(O)CC3)c2c1. The lowest BCUT2D eigenvalue weighted by atomic mass is 9.93. The Labute approximate surface area is 202 Å². The van der Waals surface area contributed by atoms with Gasteiger partial charge in [0.2, 0.25) is 0 Å². The van der Waals surface area contributed by atoms with Crippen molar-refractivity contribution in [2.75, 3.05) is 38.2 Å². The molecular weight excluding hydrogens is 426 g/mol. The minimum absolute atomic E-state index is 0.180. The fourth-order valence-corrected chi connectivity index (χ4v) is 5.09.